The molecular weight excluding hydrogens is 400 g/mol. The summed E-state index contributed by atoms with van der Waals surface area (Å²) in [7, 11) is 1.78. The summed E-state index contributed by atoms with van der Waals surface area (Å²) in [5.41, 5.74) is 3.26. The number of fused-ring (bicyclic) bond motifs is 1. The lowest BCUT2D eigenvalue weighted by molar-refractivity contribution is 0.306. The molecule has 1 aromatic carbocycles. The van der Waals surface area contributed by atoms with Gasteiger partial charge in [-0.3, -0.25) is 14.8 Å². The Bertz CT molecular complexity index is 1190. The summed E-state index contributed by atoms with van der Waals surface area (Å²) in [5.74, 6) is 0.741. The number of rotatable bonds is 10. The molecule has 32 heavy (non-hydrogen) atoms. The van der Waals surface area contributed by atoms with Crippen LogP contribution in [0.1, 0.15) is 30.0 Å². The van der Waals surface area contributed by atoms with Gasteiger partial charge in [0.05, 0.1) is 12.1 Å². The van der Waals surface area contributed by atoms with Gasteiger partial charge in [0.15, 0.2) is 0 Å². The third-order valence-electron chi connectivity index (χ3n) is 5.62. The number of pyridine rings is 3. The Balaban J connectivity index is 1.34. The summed E-state index contributed by atoms with van der Waals surface area (Å²) in [6, 6.07) is 17.7. The van der Waals surface area contributed by atoms with E-state index in [4.69, 9.17) is 4.74 Å². The summed E-state index contributed by atoms with van der Waals surface area (Å²) >= 11 is 0. The molecule has 1 atom stereocenters. The summed E-state index contributed by atoms with van der Waals surface area (Å²) < 4.78 is 7.69. The zero-order valence-corrected chi connectivity index (χ0v) is 18.3. The molecule has 0 spiro atoms. The Morgan fingerprint density at radius 1 is 1.00 bits per heavy atom. The molecule has 0 aliphatic heterocycles. The van der Waals surface area contributed by atoms with E-state index in [-0.39, 0.29) is 11.6 Å². The smallest absolute Gasteiger partial charge is 0.250 e. The van der Waals surface area contributed by atoms with Crippen LogP contribution in [0.3, 0.4) is 0 Å². The van der Waals surface area contributed by atoms with Crippen LogP contribution >= 0.6 is 0 Å². The van der Waals surface area contributed by atoms with Crippen molar-refractivity contribution >= 4 is 10.9 Å². The molecule has 1 unspecified atom stereocenters. The van der Waals surface area contributed by atoms with Crippen molar-refractivity contribution in [2.75, 3.05) is 13.2 Å². The van der Waals surface area contributed by atoms with E-state index in [0.29, 0.717) is 6.61 Å². The van der Waals surface area contributed by atoms with Crippen LogP contribution in [0.5, 0.6) is 5.75 Å². The Kier molecular flexibility index (Phi) is 7.25. The van der Waals surface area contributed by atoms with E-state index in [1.165, 1.54) is 11.1 Å². The van der Waals surface area contributed by atoms with Gasteiger partial charge in [0.2, 0.25) is 0 Å². The van der Waals surface area contributed by atoms with E-state index in [2.05, 4.69) is 33.5 Å². The average Bonchev–Trinajstić information content (AvgIpc) is 2.84. The summed E-state index contributed by atoms with van der Waals surface area (Å²) in [4.78, 5) is 20.4. The molecule has 4 aromatic rings. The number of ether oxygens (including phenoxy) is 1. The molecule has 0 aliphatic carbocycles. The number of aryl methyl sites for hydroxylation is 2. The highest BCUT2D eigenvalue weighted by atomic mass is 16.5. The number of nitrogens with one attached hydrogen (secondary N) is 1. The summed E-state index contributed by atoms with van der Waals surface area (Å²) in [5, 5.41) is 4.66. The lowest BCUT2D eigenvalue weighted by atomic mass is 10.0. The van der Waals surface area contributed by atoms with Gasteiger partial charge in [0.25, 0.3) is 5.56 Å². The van der Waals surface area contributed by atoms with Crippen LogP contribution in [0.4, 0.5) is 0 Å². The van der Waals surface area contributed by atoms with Crippen molar-refractivity contribution in [2.24, 2.45) is 7.05 Å². The standard InChI is InChI=1S/C26H28N4O2/c1-30-25(31)11-9-22-6-2-7-24(26(22)30)32-18-4-15-29-23(21-12-16-27-17-13-21)10-8-20-5-3-14-28-19-20/h2-3,5-7,9,11-14,16-17,19,23,29H,4,8,10,15,18H2,1H3. The number of hydrogen-bond acceptors (Lipinski definition) is 5. The topological polar surface area (TPSA) is 69.0 Å². The van der Waals surface area contributed by atoms with E-state index in [1.807, 2.05) is 48.9 Å². The van der Waals surface area contributed by atoms with E-state index < -0.39 is 0 Å². The van der Waals surface area contributed by atoms with Crippen molar-refractivity contribution in [3.63, 3.8) is 0 Å². The van der Waals surface area contributed by atoms with Crippen LogP contribution in [-0.2, 0) is 13.5 Å². The fraction of sp³-hybridized carbons (Fsp3) is 0.269. The first kappa shape index (κ1) is 21.7. The van der Waals surface area contributed by atoms with Gasteiger partial charge in [0, 0.05) is 49.3 Å². The number of hydrogen-bond donors (Lipinski definition) is 1. The second kappa shape index (κ2) is 10.7. The maximum absolute atomic E-state index is 12.0. The van der Waals surface area contributed by atoms with Crippen LogP contribution in [0.15, 0.2) is 84.2 Å². The highest BCUT2D eigenvalue weighted by Gasteiger charge is 2.11. The zero-order valence-electron chi connectivity index (χ0n) is 18.3. The van der Waals surface area contributed by atoms with E-state index in [1.54, 1.807) is 23.9 Å². The van der Waals surface area contributed by atoms with Crippen LogP contribution in [-0.4, -0.2) is 27.7 Å². The van der Waals surface area contributed by atoms with Crippen molar-refractivity contribution < 1.29 is 4.74 Å². The molecule has 6 heteroatoms. The van der Waals surface area contributed by atoms with Gasteiger partial charge < -0.3 is 14.6 Å². The predicted octanol–water partition coefficient (Wildman–Crippen LogP) is 4.06. The van der Waals surface area contributed by atoms with Crippen molar-refractivity contribution in [2.45, 2.75) is 25.3 Å². The normalized spacial score (nSPS) is 12.0. The number of benzene rings is 1. The molecule has 0 radical (unpaired) electrons. The van der Waals surface area contributed by atoms with Crippen LogP contribution in [0, 0.1) is 0 Å². The lowest BCUT2D eigenvalue weighted by Gasteiger charge is -2.19. The highest BCUT2D eigenvalue weighted by molar-refractivity contribution is 5.84. The number of aromatic nitrogens is 3. The number of nitrogens with zero attached hydrogens (tertiary/aromatic N) is 3. The van der Waals surface area contributed by atoms with Gasteiger partial charge in [-0.25, -0.2) is 0 Å². The molecule has 1 N–H and O–H groups in total. The van der Waals surface area contributed by atoms with Gasteiger partial charge in [-0.1, -0.05) is 18.2 Å². The Hall–Kier alpha value is -3.51. The maximum atomic E-state index is 12.0. The van der Waals surface area contributed by atoms with Crippen LogP contribution in [0.2, 0.25) is 0 Å². The first-order chi connectivity index (χ1) is 15.7. The van der Waals surface area contributed by atoms with Crippen molar-refractivity contribution in [1.82, 2.24) is 19.9 Å². The van der Waals surface area contributed by atoms with Gasteiger partial charge in [-0.2, -0.15) is 0 Å². The highest BCUT2D eigenvalue weighted by Crippen LogP contribution is 2.24. The van der Waals surface area contributed by atoms with Gasteiger partial charge in [-0.15, -0.1) is 0 Å². The monoisotopic (exact) mass is 428 g/mol. The van der Waals surface area contributed by atoms with Crippen molar-refractivity contribution in [1.29, 1.82) is 0 Å². The molecule has 0 saturated heterocycles. The van der Waals surface area contributed by atoms with Gasteiger partial charge in [-0.05, 0) is 67.3 Å². The molecule has 3 heterocycles. The van der Waals surface area contributed by atoms with E-state index >= 15 is 0 Å². The second-order valence-corrected chi connectivity index (χ2v) is 7.81. The first-order valence-corrected chi connectivity index (χ1v) is 11.0. The quantitative estimate of drug-likeness (QED) is 0.386. The Labute approximate surface area is 187 Å². The van der Waals surface area contributed by atoms with Crippen molar-refractivity contribution in [3.05, 3.63) is 101 Å². The van der Waals surface area contributed by atoms with Gasteiger partial charge >= 0.3 is 0 Å². The molecule has 0 fully saturated rings. The maximum Gasteiger partial charge on any atom is 0.250 e. The van der Waals surface area contributed by atoms with Gasteiger partial charge in [0.1, 0.15) is 5.75 Å². The average molecular weight is 429 g/mol. The Morgan fingerprint density at radius 3 is 2.69 bits per heavy atom. The predicted molar refractivity (Wildman–Crippen MR) is 127 cm³/mol. The molecule has 0 saturated carbocycles. The minimum absolute atomic E-state index is 0.0379. The molecule has 4 rings (SSSR count). The largest absolute Gasteiger partial charge is 0.491 e. The third kappa shape index (κ3) is 5.39. The fourth-order valence-corrected chi connectivity index (χ4v) is 3.90. The van der Waals surface area contributed by atoms with E-state index in [9.17, 15) is 4.79 Å². The molecule has 164 valence electrons. The van der Waals surface area contributed by atoms with Crippen LogP contribution < -0.4 is 15.6 Å². The minimum Gasteiger partial charge on any atom is -0.491 e. The SMILES string of the molecule is Cn1c(=O)ccc2cccc(OCCCNC(CCc3cccnc3)c3ccncc3)c21. The van der Waals surface area contributed by atoms with Crippen LogP contribution in [0.25, 0.3) is 10.9 Å². The Morgan fingerprint density at radius 2 is 1.88 bits per heavy atom. The third-order valence-corrected chi connectivity index (χ3v) is 5.62. The number of para-hydroxylation sites is 1. The second-order valence-electron chi connectivity index (χ2n) is 7.81. The van der Waals surface area contributed by atoms with E-state index in [0.717, 1.165) is 42.5 Å². The molecule has 0 bridgehead atoms. The molecule has 0 aliphatic rings. The summed E-state index contributed by atoms with van der Waals surface area (Å²) in [6.07, 6.45) is 10.2. The first-order valence-electron chi connectivity index (χ1n) is 11.0. The summed E-state index contributed by atoms with van der Waals surface area (Å²) in [6.45, 7) is 1.39. The zero-order chi connectivity index (χ0) is 22.2. The molecular formula is C26H28N4O2. The molecule has 0 amide bonds. The molecule has 6 nitrogen and oxygen atoms in total. The fourth-order valence-electron chi connectivity index (χ4n) is 3.90. The minimum atomic E-state index is -0.0379. The van der Waals surface area contributed by atoms with Crippen molar-refractivity contribution in [3.8, 4) is 5.75 Å². The lowest BCUT2D eigenvalue weighted by Crippen LogP contribution is -2.24. The molecule has 3 aromatic heterocycles.